The van der Waals surface area contributed by atoms with Crippen molar-refractivity contribution in [2.24, 2.45) is 0 Å². The van der Waals surface area contributed by atoms with Gasteiger partial charge in [0.25, 0.3) is 0 Å². The number of benzene rings is 2. The van der Waals surface area contributed by atoms with Crippen LogP contribution in [0.5, 0.6) is 0 Å². The highest BCUT2D eigenvalue weighted by Crippen LogP contribution is 2.28. The lowest BCUT2D eigenvalue weighted by Gasteiger charge is -2.04. The summed E-state index contributed by atoms with van der Waals surface area (Å²) in [4.78, 5) is 12.6. The fraction of sp³-hybridized carbons (Fsp3) is 0.0625. The second-order valence-corrected chi connectivity index (χ2v) is 5.78. The molecule has 3 heteroatoms. The van der Waals surface area contributed by atoms with Gasteiger partial charge in [0.2, 0.25) is 0 Å². The minimum Gasteiger partial charge on any atom is -0.289 e. The van der Waals surface area contributed by atoms with Crippen LogP contribution in [0.4, 0.5) is 0 Å². The van der Waals surface area contributed by atoms with E-state index in [0.29, 0.717) is 10.6 Å². The second kappa shape index (κ2) is 4.80. The summed E-state index contributed by atoms with van der Waals surface area (Å²) >= 11 is 7.53. The van der Waals surface area contributed by atoms with E-state index in [1.54, 1.807) is 23.5 Å². The molecule has 0 unspecified atom stereocenters. The van der Waals surface area contributed by atoms with Crippen LogP contribution in [0.2, 0.25) is 5.02 Å². The molecule has 0 saturated heterocycles. The molecule has 19 heavy (non-hydrogen) atoms. The van der Waals surface area contributed by atoms with Crippen LogP contribution >= 0.6 is 22.9 Å². The molecule has 0 bridgehead atoms. The number of rotatable bonds is 2. The van der Waals surface area contributed by atoms with Crippen molar-refractivity contribution in [3.8, 4) is 0 Å². The molecule has 0 saturated carbocycles. The molecular weight excluding hydrogens is 276 g/mol. The number of carbonyl (C=O) groups excluding carboxylic acids is 1. The zero-order valence-electron chi connectivity index (χ0n) is 10.3. The molecule has 0 amide bonds. The van der Waals surface area contributed by atoms with Crippen LogP contribution in [0.1, 0.15) is 21.5 Å². The van der Waals surface area contributed by atoms with Crippen molar-refractivity contribution < 1.29 is 4.79 Å². The van der Waals surface area contributed by atoms with Crippen molar-refractivity contribution >= 4 is 38.8 Å². The maximum atomic E-state index is 12.6. The fourth-order valence-corrected chi connectivity index (χ4v) is 3.35. The molecule has 2 aromatic carbocycles. The summed E-state index contributed by atoms with van der Waals surface area (Å²) in [7, 11) is 0. The average Bonchev–Trinajstić information content (AvgIpc) is 2.82. The van der Waals surface area contributed by atoms with Gasteiger partial charge in [-0.05, 0) is 36.8 Å². The molecule has 0 aliphatic heterocycles. The van der Waals surface area contributed by atoms with Gasteiger partial charge in [-0.15, -0.1) is 11.3 Å². The van der Waals surface area contributed by atoms with Crippen LogP contribution in [-0.2, 0) is 0 Å². The van der Waals surface area contributed by atoms with Gasteiger partial charge in [-0.2, -0.15) is 0 Å². The lowest BCUT2D eigenvalue weighted by Crippen LogP contribution is -2.02. The number of halogens is 1. The molecule has 0 atom stereocenters. The molecule has 1 aromatic heterocycles. The highest BCUT2D eigenvalue weighted by Gasteiger charge is 2.15. The smallest absolute Gasteiger partial charge is 0.194 e. The predicted octanol–water partition coefficient (Wildman–Crippen LogP) is 5.09. The summed E-state index contributed by atoms with van der Waals surface area (Å²) in [6, 6.07) is 13.4. The zero-order valence-corrected chi connectivity index (χ0v) is 11.9. The van der Waals surface area contributed by atoms with Crippen molar-refractivity contribution in [2.45, 2.75) is 6.92 Å². The molecule has 1 heterocycles. The van der Waals surface area contributed by atoms with Gasteiger partial charge in [0, 0.05) is 31.6 Å². The molecule has 0 N–H and O–H groups in total. The molecule has 3 rings (SSSR count). The Morgan fingerprint density at radius 2 is 1.89 bits per heavy atom. The van der Waals surface area contributed by atoms with Gasteiger partial charge in [0.05, 0.1) is 0 Å². The molecule has 0 fully saturated rings. The number of hydrogen-bond acceptors (Lipinski definition) is 2. The van der Waals surface area contributed by atoms with Crippen LogP contribution in [0.15, 0.2) is 47.8 Å². The quantitative estimate of drug-likeness (QED) is 0.599. The van der Waals surface area contributed by atoms with Gasteiger partial charge in [0.15, 0.2) is 5.78 Å². The summed E-state index contributed by atoms with van der Waals surface area (Å²) in [5.41, 5.74) is 2.40. The highest BCUT2D eigenvalue weighted by atomic mass is 35.5. The number of fused-ring (bicyclic) bond motifs is 1. The highest BCUT2D eigenvalue weighted by molar-refractivity contribution is 7.17. The Morgan fingerprint density at radius 3 is 2.68 bits per heavy atom. The first-order valence-electron chi connectivity index (χ1n) is 5.94. The third-order valence-electron chi connectivity index (χ3n) is 3.16. The first-order valence-corrected chi connectivity index (χ1v) is 7.19. The molecule has 94 valence electrons. The van der Waals surface area contributed by atoms with Gasteiger partial charge in [-0.25, -0.2) is 0 Å². The minimum absolute atomic E-state index is 0.0617. The van der Waals surface area contributed by atoms with Crippen LogP contribution in [-0.4, -0.2) is 5.78 Å². The number of thiophene rings is 1. The Morgan fingerprint density at radius 1 is 1.11 bits per heavy atom. The summed E-state index contributed by atoms with van der Waals surface area (Å²) in [5, 5.41) is 3.61. The number of carbonyl (C=O) groups is 1. The Labute approximate surface area is 120 Å². The third kappa shape index (κ3) is 2.18. The van der Waals surface area contributed by atoms with Crippen molar-refractivity contribution in [2.75, 3.05) is 0 Å². The van der Waals surface area contributed by atoms with Gasteiger partial charge in [-0.1, -0.05) is 29.8 Å². The maximum absolute atomic E-state index is 12.6. The Balaban J connectivity index is 2.13. The molecule has 0 aliphatic carbocycles. The van der Waals surface area contributed by atoms with Crippen molar-refractivity contribution in [1.29, 1.82) is 0 Å². The van der Waals surface area contributed by atoms with Crippen LogP contribution in [0.3, 0.4) is 0 Å². The van der Waals surface area contributed by atoms with Crippen LogP contribution < -0.4 is 0 Å². The minimum atomic E-state index is 0.0617. The van der Waals surface area contributed by atoms with E-state index in [4.69, 9.17) is 11.6 Å². The van der Waals surface area contributed by atoms with E-state index < -0.39 is 0 Å². The zero-order chi connectivity index (χ0) is 13.4. The van der Waals surface area contributed by atoms with Crippen molar-refractivity contribution in [3.63, 3.8) is 0 Å². The topological polar surface area (TPSA) is 17.1 Å². The molecule has 0 spiro atoms. The van der Waals surface area contributed by atoms with Gasteiger partial charge in [-0.3, -0.25) is 4.79 Å². The molecule has 0 aliphatic rings. The first kappa shape index (κ1) is 12.4. The lowest BCUT2D eigenvalue weighted by atomic mass is 9.99. The SMILES string of the molecule is Cc1cc(Cl)ccc1C(=O)c1csc2ccccc12. The first-order chi connectivity index (χ1) is 9.16. The van der Waals surface area contributed by atoms with Crippen LogP contribution in [0, 0.1) is 6.92 Å². The number of ketones is 1. The molecule has 0 radical (unpaired) electrons. The van der Waals surface area contributed by atoms with Crippen molar-refractivity contribution in [3.05, 3.63) is 69.6 Å². The third-order valence-corrected chi connectivity index (χ3v) is 4.36. The monoisotopic (exact) mass is 286 g/mol. The van der Waals surface area contributed by atoms with E-state index in [2.05, 4.69) is 0 Å². The van der Waals surface area contributed by atoms with E-state index in [0.717, 1.165) is 21.2 Å². The molecule has 3 aromatic rings. The largest absolute Gasteiger partial charge is 0.289 e. The van der Waals surface area contributed by atoms with Gasteiger partial charge >= 0.3 is 0 Å². The fourth-order valence-electron chi connectivity index (χ4n) is 2.18. The second-order valence-electron chi connectivity index (χ2n) is 4.43. The molecular formula is C16H11ClOS. The standard InChI is InChI=1S/C16H11ClOS/c1-10-8-11(17)6-7-12(10)16(18)14-9-19-15-5-3-2-4-13(14)15/h2-9H,1H3. The van der Waals surface area contributed by atoms with E-state index in [1.807, 2.05) is 42.6 Å². The normalized spacial score (nSPS) is 10.8. The van der Waals surface area contributed by atoms with Gasteiger partial charge in [0.1, 0.15) is 0 Å². The summed E-state index contributed by atoms with van der Waals surface area (Å²) in [5.74, 6) is 0.0617. The Bertz CT molecular complexity index is 773. The van der Waals surface area contributed by atoms with E-state index >= 15 is 0 Å². The van der Waals surface area contributed by atoms with E-state index in [-0.39, 0.29) is 5.78 Å². The molecule has 1 nitrogen and oxygen atoms in total. The lowest BCUT2D eigenvalue weighted by molar-refractivity contribution is 0.104. The summed E-state index contributed by atoms with van der Waals surface area (Å²) < 4.78 is 1.14. The number of hydrogen-bond donors (Lipinski definition) is 0. The van der Waals surface area contributed by atoms with Gasteiger partial charge < -0.3 is 0 Å². The predicted molar refractivity (Wildman–Crippen MR) is 81.4 cm³/mol. The van der Waals surface area contributed by atoms with E-state index in [9.17, 15) is 4.79 Å². The number of aryl methyl sites for hydroxylation is 1. The van der Waals surface area contributed by atoms with Crippen LogP contribution in [0.25, 0.3) is 10.1 Å². The Kier molecular flexibility index (Phi) is 3.13. The summed E-state index contributed by atoms with van der Waals surface area (Å²) in [6.45, 7) is 1.91. The summed E-state index contributed by atoms with van der Waals surface area (Å²) in [6.07, 6.45) is 0. The maximum Gasteiger partial charge on any atom is 0.194 e. The Hall–Kier alpha value is -1.64. The van der Waals surface area contributed by atoms with E-state index in [1.165, 1.54) is 0 Å². The average molecular weight is 287 g/mol. The van der Waals surface area contributed by atoms with Crippen molar-refractivity contribution in [1.82, 2.24) is 0 Å².